The van der Waals surface area contributed by atoms with Crippen LogP contribution in [-0.2, 0) is 26.2 Å². The predicted molar refractivity (Wildman–Crippen MR) is 126 cm³/mol. The number of benzene rings is 2. The molecular weight excluding hydrogens is 482 g/mol. The standard InChI is InChI=1S/C22H28BrN3O4S/c1-4-20(22(28)24-5-2)25(15-17-10-7-6-8-11-17)21(27)16-26(31(3,29)30)19-13-9-12-18(23)14-19/h6-14,20H,4-5,15-16H2,1-3H3,(H,24,28)/t20-/m1/s1. The highest BCUT2D eigenvalue weighted by atomic mass is 79.9. The van der Waals surface area contributed by atoms with Crippen LogP contribution in [0, 0.1) is 0 Å². The number of likely N-dealkylation sites (N-methyl/N-ethyl adjacent to an activating group) is 1. The van der Waals surface area contributed by atoms with Crippen molar-refractivity contribution >= 4 is 43.5 Å². The Kier molecular flexibility index (Phi) is 9.06. The maximum absolute atomic E-state index is 13.4. The van der Waals surface area contributed by atoms with Gasteiger partial charge in [-0.05, 0) is 37.1 Å². The van der Waals surface area contributed by atoms with E-state index >= 15 is 0 Å². The van der Waals surface area contributed by atoms with Crippen LogP contribution >= 0.6 is 15.9 Å². The Bertz CT molecular complexity index is 999. The van der Waals surface area contributed by atoms with Gasteiger partial charge in [0.1, 0.15) is 12.6 Å². The summed E-state index contributed by atoms with van der Waals surface area (Å²) in [7, 11) is -3.73. The largest absolute Gasteiger partial charge is 0.355 e. The summed E-state index contributed by atoms with van der Waals surface area (Å²) in [4.78, 5) is 27.5. The average Bonchev–Trinajstić information content (AvgIpc) is 2.71. The second kappa shape index (κ2) is 11.3. The van der Waals surface area contributed by atoms with Gasteiger partial charge in [-0.2, -0.15) is 0 Å². The van der Waals surface area contributed by atoms with Crippen molar-refractivity contribution in [1.29, 1.82) is 0 Å². The molecule has 0 spiro atoms. The molecule has 0 aliphatic heterocycles. The van der Waals surface area contributed by atoms with Crippen LogP contribution in [-0.4, -0.2) is 50.5 Å². The summed E-state index contributed by atoms with van der Waals surface area (Å²) in [5, 5.41) is 2.77. The number of hydrogen-bond acceptors (Lipinski definition) is 4. The number of nitrogens with one attached hydrogen (secondary N) is 1. The molecule has 2 aromatic carbocycles. The van der Waals surface area contributed by atoms with Crippen LogP contribution in [0.15, 0.2) is 59.1 Å². The minimum absolute atomic E-state index is 0.200. The topological polar surface area (TPSA) is 86.8 Å². The van der Waals surface area contributed by atoms with Crippen LogP contribution in [0.2, 0.25) is 0 Å². The van der Waals surface area contributed by atoms with E-state index in [1.165, 1.54) is 4.90 Å². The van der Waals surface area contributed by atoms with Gasteiger partial charge >= 0.3 is 0 Å². The molecule has 1 atom stereocenters. The second-order valence-corrected chi connectivity index (χ2v) is 9.90. The molecule has 0 aliphatic rings. The molecule has 2 rings (SSSR count). The van der Waals surface area contributed by atoms with Crippen molar-refractivity contribution in [3.63, 3.8) is 0 Å². The number of carbonyl (C=O) groups excluding carboxylic acids is 2. The molecule has 0 aliphatic carbocycles. The number of anilines is 1. The molecule has 0 radical (unpaired) electrons. The summed E-state index contributed by atoms with van der Waals surface area (Å²) < 4.78 is 26.7. The van der Waals surface area contributed by atoms with E-state index in [1.807, 2.05) is 44.2 Å². The van der Waals surface area contributed by atoms with Gasteiger partial charge in [-0.15, -0.1) is 0 Å². The number of rotatable bonds is 10. The summed E-state index contributed by atoms with van der Waals surface area (Å²) in [6, 6.07) is 15.3. The zero-order valence-electron chi connectivity index (χ0n) is 17.9. The maximum Gasteiger partial charge on any atom is 0.244 e. The molecular formula is C22H28BrN3O4S. The van der Waals surface area contributed by atoms with Crippen LogP contribution in [0.5, 0.6) is 0 Å². The first-order chi connectivity index (χ1) is 14.7. The molecule has 0 saturated heterocycles. The summed E-state index contributed by atoms with van der Waals surface area (Å²) >= 11 is 3.34. The summed E-state index contributed by atoms with van der Waals surface area (Å²) in [5.74, 6) is -0.713. The minimum atomic E-state index is -3.73. The molecule has 0 saturated carbocycles. The van der Waals surface area contributed by atoms with Crippen LogP contribution < -0.4 is 9.62 Å². The van der Waals surface area contributed by atoms with Crippen LogP contribution in [0.25, 0.3) is 0 Å². The van der Waals surface area contributed by atoms with Gasteiger partial charge in [0.05, 0.1) is 11.9 Å². The van der Waals surface area contributed by atoms with Gasteiger partial charge in [0.25, 0.3) is 0 Å². The molecule has 1 N–H and O–H groups in total. The fraction of sp³-hybridized carbons (Fsp3) is 0.364. The van der Waals surface area contributed by atoms with Crippen molar-refractivity contribution in [2.24, 2.45) is 0 Å². The minimum Gasteiger partial charge on any atom is -0.355 e. The van der Waals surface area contributed by atoms with Gasteiger partial charge in [-0.3, -0.25) is 13.9 Å². The number of hydrogen-bond donors (Lipinski definition) is 1. The molecule has 2 aromatic rings. The quantitative estimate of drug-likeness (QED) is 0.532. The molecule has 9 heteroatoms. The van der Waals surface area contributed by atoms with Gasteiger partial charge in [0.2, 0.25) is 21.8 Å². The Morgan fingerprint density at radius 1 is 1.06 bits per heavy atom. The number of carbonyl (C=O) groups is 2. The zero-order chi connectivity index (χ0) is 23.0. The van der Waals surface area contributed by atoms with Crippen molar-refractivity contribution in [3.8, 4) is 0 Å². The third kappa shape index (κ3) is 7.07. The Labute approximate surface area is 192 Å². The van der Waals surface area contributed by atoms with E-state index < -0.39 is 28.5 Å². The van der Waals surface area contributed by atoms with E-state index in [0.717, 1.165) is 16.1 Å². The van der Waals surface area contributed by atoms with Crippen LogP contribution in [0.4, 0.5) is 5.69 Å². The molecule has 7 nitrogen and oxygen atoms in total. The summed E-state index contributed by atoms with van der Waals surface area (Å²) in [6.45, 7) is 3.88. The van der Waals surface area contributed by atoms with Crippen molar-refractivity contribution in [2.75, 3.05) is 23.7 Å². The van der Waals surface area contributed by atoms with E-state index in [0.29, 0.717) is 23.1 Å². The van der Waals surface area contributed by atoms with E-state index in [1.54, 1.807) is 24.3 Å². The third-order valence-corrected chi connectivity index (χ3v) is 6.34. The number of nitrogens with zero attached hydrogens (tertiary/aromatic N) is 2. The molecule has 31 heavy (non-hydrogen) atoms. The fourth-order valence-electron chi connectivity index (χ4n) is 3.24. The first kappa shape index (κ1) is 24.9. The molecule has 0 heterocycles. The van der Waals surface area contributed by atoms with Crippen molar-refractivity contribution in [2.45, 2.75) is 32.9 Å². The molecule has 0 fully saturated rings. The average molecular weight is 510 g/mol. The lowest BCUT2D eigenvalue weighted by molar-refractivity contribution is -0.140. The van der Waals surface area contributed by atoms with Gasteiger partial charge in [-0.1, -0.05) is 59.3 Å². The monoisotopic (exact) mass is 509 g/mol. The van der Waals surface area contributed by atoms with Gasteiger partial charge in [0.15, 0.2) is 0 Å². The Morgan fingerprint density at radius 2 is 1.74 bits per heavy atom. The lowest BCUT2D eigenvalue weighted by Crippen LogP contribution is -2.52. The van der Waals surface area contributed by atoms with Gasteiger partial charge in [0, 0.05) is 17.6 Å². The highest BCUT2D eigenvalue weighted by Gasteiger charge is 2.31. The van der Waals surface area contributed by atoms with Crippen LogP contribution in [0.1, 0.15) is 25.8 Å². The summed E-state index contributed by atoms with van der Waals surface area (Å²) in [6.07, 6.45) is 1.46. The van der Waals surface area contributed by atoms with Crippen LogP contribution in [0.3, 0.4) is 0 Å². The van der Waals surface area contributed by atoms with Gasteiger partial charge < -0.3 is 10.2 Å². The number of sulfonamides is 1. The lowest BCUT2D eigenvalue weighted by Gasteiger charge is -2.32. The summed E-state index contributed by atoms with van der Waals surface area (Å²) in [5.41, 5.74) is 1.22. The highest BCUT2D eigenvalue weighted by Crippen LogP contribution is 2.23. The predicted octanol–water partition coefficient (Wildman–Crippen LogP) is 3.16. The molecule has 2 amide bonds. The smallest absolute Gasteiger partial charge is 0.244 e. The maximum atomic E-state index is 13.4. The van der Waals surface area contributed by atoms with E-state index in [2.05, 4.69) is 21.2 Å². The van der Waals surface area contributed by atoms with E-state index in [4.69, 9.17) is 0 Å². The fourth-order valence-corrected chi connectivity index (χ4v) is 4.47. The highest BCUT2D eigenvalue weighted by molar-refractivity contribution is 9.10. The Morgan fingerprint density at radius 3 is 2.29 bits per heavy atom. The zero-order valence-corrected chi connectivity index (χ0v) is 20.3. The first-order valence-electron chi connectivity index (χ1n) is 10.0. The Hall–Kier alpha value is -2.39. The molecule has 168 valence electrons. The normalized spacial score (nSPS) is 12.1. The second-order valence-electron chi connectivity index (χ2n) is 7.08. The van der Waals surface area contributed by atoms with E-state index in [-0.39, 0.29) is 12.5 Å². The lowest BCUT2D eigenvalue weighted by atomic mass is 10.1. The van der Waals surface area contributed by atoms with E-state index in [9.17, 15) is 18.0 Å². The van der Waals surface area contributed by atoms with Gasteiger partial charge in [-0.25, -0.2) is 8.42 Å². The van der Waals surface area contributed by atoms with Crippen molar-refractivity contribution in [1.82, 2.24) is 10.2 Å². The molecule has 0 bridgehead atoms. The number of halogens is 1. The first-order valence-corrected chi connectivity index (χ1v) is 12.7. The Balaban J connectivity index is 2.40. The number of amides is 2. The molecule has 0 unspecified atom stereocenters. The SMILES string of the molecule is CCNC(=O)[C@@H](CC)N(Cc1ccccc1)C(=O)CN(c1cccc(Br)c1)S(C)(=O)=O. The third-order valence-electron chi connectivity index (χ3n) is 4.71. The van der Waals surface area contributed by atoms with Crippen molar-refractivity contribution in [3.05, 3.63) is 64.6 Å². The molecule has 0 aromatic heterocycles. The van der Waals surface area contributed by atoms with Crippen molar-refractivity contribution < 1.29 is 18.0 Å².